The van der Waals surface area contributed by atoms with E-state index in [0.29, 0.717) is 28.2 Å². The Bertz CT molecular complexity index is 762. The first-order chi connectivity index (χ1) is 10.0. The largest absolute Gasteiger partial charge is 0.418 e. The van der Waals surface area contributed by atoms with Crippen molar-refractivity contribution < 1.29 is 13.2 Å². The van der Waals surface area contributed by atoms with Crippen molar-refractivity contribution in [3.63, 3.8) is 0 Å². The molecule has 0 amide bonds. The highest BCUT2D eigenvalue weighted by atomic mass is 32.1. The van der Waals surface area contributed by atoms with Gasteiger partial charge in [0.2, 0.25) is 0 Å². The van der Waals surface area contributed by atoms with E-state index >= 15 is 0 Å². The normalized spacial score (nSPS) is 11.8. The predicted octanol–water partition coefficient (Wildman–Crippen LogP) is 3.06. The first kappa shape index (κ1) is 16.4. The number of aryl methyl sites for hydroxylation is 3. The molecule has 2 N–H and O–H groups in total. The Morgan fingerprint density at radius 3 is 2.27 bits per heavy atom. The van der Waals surface area contributed by atoms with Crippen molar-refractivity contribution >= 4 is 17.2 Å². The van der Waals surface area contributed by atoms with E-state index in [2.05, 4.69) is 10.1 Å². The number of hydrogen-bond acceptors (Lipinski definition) is 3. The van der Waals surface area contributed by atoms with E-state index in [-0.39, 0.29) is 10.7 Å². The lowest BCUT2D eigenvalue weighted by Crippen LogP contribution is -2.15. The zero-order valence-corrected chi connectivity index (χ0v) is 13.4. The van der Waals surface area contributed by atoms with Gasteiger partial charge in [0.05, 0.1) is 22.6 Å². The summed E-state index contributed by atoms with van der Waals surface area (Å²) >= 11 is 4.98. The van der Waals surface area contributed by atoms with Crippen LogP contribution in [0.2, 0.25) is 0 Å². The molecular weight excluding hydrogens is 313 g/mol. The molecule has 0 radical (unpaired) electrons. The lowest BCUT2D eigenvalue weighted by molar-refractivity contribution is -0.138. The minimum absolute atomic E-state index is 0.0879. The van der Waals surface area contributed by atoms with Gasteiger partial charge in [0, 0.05) is 12.6 Å². The second-order valence-corrected chi connectivity index (χ2v) is 5.53. The number of rotatable bonds is 2. The van der Waals surface area contributed by atoms with E-state index in [1.807, 2.05) is 0 Å². The van der Waals surface area contributed by atoms with Crippen LogP contribution in [0.3, 0.4) is 0 Å². The Labute approximate surface area is 131 Å². The van der Waals surface area contributed by atoms with Crippen molar-refractivity contribution in [2.45, 2.75) is 26.9 Å². The van der Waals surface area contributed by atoms with E-state index in [1.54, 1.807) is 20.9 Å². The zero-order chi connectivity index (χ0) is 16.8. The summed E-state index contributed by atoms with van der Waals surface area (Å²) in [5.74, 6) is 0. The second-order valence-electron chi connectivity index (χ2n) is 5.09. The van der Waals surface area contributed by atoms with Gasteiger partial charge in [-0.05, 0) is 32.4 Å². The van der Waals surface area contributed by atoms with Gasteiger partial charge in [-0.3, -0.25) is 9.67 Å². The molecular formula is C14H15F3N4S. The first-order valence-corrected chi connectivity index (χ1v) is 6.84. The summed E-state index contributed by atoms with van der Waals surface area (Å²) in [7, 11) is 1.68. The zero-order valence-electron chi connectivity index (χ0n) is 12.5. The number of aromatic nitrogens is 3. The number of nitrogens with two attached hydrogens (primary N) is 1. The molecule has 2 heterocycles. The molecule has 2 rings (SSSR count). The highest BCUT2D eigenvalue weighted by Gasteiger charge is 2.34. The van der Waals surface area contributed by atoms with Crippen molar-refractivity contribution in [3.8, 4) is 11.4 Å². The molecule has 4 nitrogen and oxygen atoms in total. The maximum atomic E-state index is 12.9. The van der Waals surface area contributed by atoms with Crippen LogP contribution < -0.4 is 5.73 Å². The average Bonchev–Trinajstić information content (AvgIpc) is 2.65. The first-order valence-electron chi connectivity index (χ1n) is 6.43. The lowest BCUT2D eigenvalue weighted by Gasteiger charge is -2.13. The molecule has 118 valence electrons. The molecule has 0 fully saturated rings. The van der Waals surface area contributed by atoms with Crippen molar-refractivity contribution in [3.05, 3.63) is 34.1 Å². The Morgan fingerprint density at radius 2 is 1.82 bits per heavy atom. The summed E-state index contributed by atoms with van der Waals surface area (Å²) < 4.78 is 40.3. The van der Waals surface area contributed by atoms with E-state index < -0.39 is 11.7 Å². The maximum absolute atomic E-state index is 12.9. The smallest absolute Gasteiger partial charge is 0.388 e. The van der Waals surface area contributed by atoms with Gasteiger partial charge in [-0.15, -0.1) is 0 Å². The summed E-state index contributed by atoms with van der Waals surface area (Å²) in [6.07, 6.45) is -4.43. The molecule has 0 aromatic carbocycles. The van der Waals surface area contributed by atoms with Gasteiger partial charge in [-0.2, -0.15) is 18.3 Å². The minimum atomic E-state index is -4.43. The maximum Gasteiger partial charge on any atom is 0.418 e. The average molecular weight is 328 g/mol. The summed E-state index contributed by atoms with van der Waals surface area (Å²) in [6.45, 7) is 4.68. The van der Waals surface area contributed by atoms with E-state index in [1.165, 1.54) is 11.6 Å². The van der Waals surface area contributed by atoms with Gasteiger partial charge >= 0.3 is 6.18 Å². The molecule has 0 aliphatic rings. The van der Waals surface area contributed by atoms with E-state index in [4.69, 9.17) is 18.0 Å². The SMILES string of the molecule is Cc1cc(C(F)(F)F)c(C)nc1-c1nn(C)c(C(N)=S)c1C. The molecule has 0 atom stereocenters. The molecule has 0 unspecified atom stereocenters. The molecule has 2 aromatic heterocycles. The van der Waals surface area contributed by atoms with Gasteiger partial charge in [-0.1, -0.05) is 12.2 Å². The predicted molar refractivity (Wildman–Crippen MR) is 81.5 cm³/mol. The van der Waals surface area contributed by atoms with Crippen molar-refractivity contribution in [2.75, 3.05) is 0 Å². The monoisotopic (exact) mass is 328 g/mol. The summed E-state index contributed by atoms with van der Waals surface area (Å²) in [5, 5.41) is 4.30. The summed E-state index contributed by atoms with van der Waals surface area (Å²) in [4.78, 5) is 4.28. The number of nitrogens with zero attached hydrogens (tertiary/aromatic N) is 3. The molecule has 2 aromatic rings. The summed E-state index contributed by atoms with van der Waals surface area (Å²) in [5.41, 5.74) is 7.39. The molecule has 0 saturated carbocycles. The standard InChI is InChI=1S/C14H15F3N4S/c1-6-5-9(14(15,16)17)8(3)19-10(6)11-7(2)12(13(18)22)21(4)20-11/h5H,1-4H3,(H2,18,22). The third-order valence-corrected chi connectivity index (χ3v) is 3.64. The molecule has 0 aliphatic carbocycles. The molecule has 22 heavy (non-hydrogen) atoms. The molecule has 0 bridgehead atoms. The highest BCUT2D eigenvalue weighted by molar-refractivity contribution is 7.80. The molecule has 0 spiro atoms. The van der Waals surface area contributed by atoms with Crippen LogP contribution in [0.15, 0.2) is 6.07 Å². The van der Waals surface area contributed by atoms with Crippen molar-refractivity contribution in [1.29, 1.82) is 0 Å². The van der Waals surface area contributed by atoms with Gasteiger partial charge < -0.3 is 5.73 Å². The summed E-state index contributed by atoms with van der Waals surface area (Å²) in [6, 6.07) is 1.09. The van der Waals surface area contributed by atoms with Gasteiger partial charge in [0.1, 0.15) is 10.7 Å². The van der Waals surface area contributed by atoms with Crippen LogP contribution in [0.1, 0.15) is 28.1 Å². The van der Waals surface area contributed by atoms with Gasteiger partial charge in [-0.25, -0.2) is 0 Å². The van der Waals surface area contributed by atoms with E-state index in [0.717, 1.165) is 6.07 Å². The molecule has 0 saturated heterocycles. The fourth-order valence-electron chi connectivity index (χ4n) is 2.43. The topological polar surface area (TPSA) is 56.7 Å². The van der Waals surface area contributed by atoms with Crippen LogP contribution in [0.4, 0.5) is 13.2 Å². The number of thiocarbonyl (C=S) groups is 1. The lowest BCUT2D eigenvalue weighted by atomic mass is 10.0. The number of halogens is 3. The van der Waals surface area contributed by atoms with Crippen LogP contribution in [-0.2, 0) is 13.2 Å². The van der Waals surface area contributed by atoms with Crippen LogP contribution in [0.5, 0.6) is 0 Å². The quantitative estimate of drug-likeness (QED) is 0.861. The Kier molecular flexibility index (Phi) is 3.99. The third kappa shape index (κ3) is 2.70. The number of alkyl halides is 3. The highest BCUT2D eigenvalue weighted by Crippen LogP contribution is 2.34. The van der Waals surface area contributed by atoms with Crippen molar-refractivity contribution in [1.82, 2.24) is 14.8 Å². The Hall–Kier alpha value is -1.96. The molecule has 8 heteroatoms. The second kappa shape index (κ2) is 5.35. The Balaban J connectivity index is 2.68. The Morgan fingerprint density at radius 1 is 1.23 bits per heavy atom. The van der Waals surface area contributed by atoms with Gasteiger partial charge in [0.15, 0.2) is 0 Å². The van der Waals surface area contributed by atoms with Crippen LogP contribution in [0, 0.1) is 20.8 Å². The fourth-order valence-corrected chi connectivity index (χ4v) is 2.72. The third-order valence-electron chi connectivity index (χ3n) is 3.45. The van der Waals surface area contributed by atoms with Crippen LogP contribution in [-0.4, -0.2) is 19.8 Å². The van der Waals surface area contributed by atoms with Crippen molar-refractivity contribution in [2.24, 2.45) is 12.8 Å². The minimum Gasteiger partial charge on any atom is -0.388 e. The fraction of sp³-hybridized carbons (Fsp3) is 0.357. The number of hydrogen-bond donors (Lipinski definition) is 1. The number of pyridine rings is 1. The van der Waals surface area contributed by atoms with Gasteiger partial charge in [0.25, 0.3) is 0 Å². The van der Waals surface area contributed by atoms with Crippen LogP contribution >= 0.6 is 12.2 Å². The molecule has 0 aliphatic heterocycles. The van der Waals surface area contributed by atoms with Crippen LogP contribution in [0.25, 0.3) is 11.4 Å². The van der Waals surface area contributed by atoms with E-state index in [9.17, 15) is 13.2 Å².